The van der Waals surface area contributed by atoms with Gasteiger partial charge in [-0.1, -0.05) is 36.7 Å². The summed E-state index contributed by atoms with van der Waals surface area (Å²) in [5, 5.41) is 0. The molecular weight excluding hydrogens is 280 g/mol. The van der Waals surface area contributed by atoms with Gasteiger partial charge in [0.2, 0.25) is 0 Å². The van der Waals surface area contributed by atoms with E-state index < -0.39 is 0 Å². The molecule has 0 aliphatic heterocycles. The molecule has 0 aliphatic rings. The van der Waals surface area contributed by atoms with Crippen molar-refractivity contribution >= 4 is 22.2 Å². The van der Waals surface area contributed by atoms with E-state index in [1.165, 1.54) is 0 Å². The van der Waals surface area contributed by atoms with Crippen molar-refractivity contribution < 1.29 is 9.53 Å². The van der Waals surface area contributed by atoms with Crippen LogP contribution in [0.15, 0.2) is 22.7 Å². The van der Waals surface area contributed by atoms with Crippen LogP contribution in [0.4, 0.5) is 0 Å². The number of hydrogen-bond donors (Lipinski definition) is 0. The average Bonchev–Trinajstić information content (AvgIpc) is 2.26. The SMILES string of the molecule is CC(C)CC(C)COc1ccc(Br)cc1C=O. The molecule has 94 valence electrons. The smallest absolute Gasteiger partial charge is 0.153 e. The zero-order chi connectivity index (χ0) is 12.8. The van der Waals surface area contributed by atoms with Crippen LogP contribution < -0.4 is 4.74 Å². The maximum Gasteiger partial charge on any atom is 0.153 e. The van der Waals surface area contributed by atoms with Crippen LogP contribution in [-0.2, 0) is 0 Å². The van der Waals surface area contributed by atoms with E-state index in [4.69, 9.17) is 4.74 Å². The van der Waals surface area contributed by atoms with Crippen molar-refractivity contribution in [2.24, 2.45) is 11.8 Å². The summed E-state index contributed by atoms with van der Waals surface area (Å²) in [7, 11) is 0. The summed E-state index contributed by atoms with van der Waals surface area (Å²) in [5.41, 5.74) is 0.594. The lowest BCUT2D eigenvalue weighted by atomic mass is 10.00. The summed E-state index contributed by atoms with van der Waals surface area (Å²) >= 11 is 3.34. The normalized spacial score (nSPS) is 12.5. The minimum Gasteiger partial charge on any atom is -0.493 e. The standard InChI is InChI=1S/C14H19BrO2/c1-10(2)6-11(3)9-17-14-5-4-13(15)7-12(14)8-16/h4-5,7-8,10-11H,6,9H2,1-3H3. The van der Waals surface area contributed by atoms with Gasteiger partial charge in [0.1, 0.15) is 5.75 Å². The highest BCUT2D eigenvalue weighted by Crippen LogP contribution is 2.23. The zero-order valence-electron chi connectivity index (χ0n) is 10.6. The van der Waals surface area contributed by atoms with Crippen molar-refractivity contribution in [3.05, 3.63) is 28.2 Å². The van der Waals surface area contributed by atoms with E-state index in [1.807, 2.05) is 12.1 Å². The first-order chi connectivity index (χ1) is 8.02. The van der Waals surface area contributed by atoms with Crippen LogP contribution in [-0.4, -0.2) is 12.9 Å². The highest BCUT2D eigenvalue weighted by molar-refractivity contribution is 9.10. The van der Waals surface area contributed by atoms with Gasteiger partial charge in [-0.15, -0.1) is 0 Å². The fourth-order valence-corrected chi connectivity index (χ4v) is 2.23. The molecule has 1 aromatic rings. The number of benzene rings is 1. The number of hydrogen-bond acceptors (Lipinski definition) is 2. The number of halogens is 1. The van der Waals surface area contributed by atoms with E-state index in [2.05, 4.69) is 36.7 Å². The van der Waals surface area contributed by atoms with Crippen molar-refractivity contribution in [1.82, 2.24) is 0 Å². The van der Waals surface area contributed by atoms with E-state index in [0.717, 1.165) is 17.2 Å². The Hall–Kier alpha value is -0.830. The third kappa shape index (κ3) is 4.90. The Kier molecular flexibility index (Phi) is 5.69. The van der Waals surface area contributed by atoms with Crippen LogP contribution >= 0.6 is 15.9 Å². The van der Waals surface area contributed by atoms with E-state index in [1.54, 1.807) is 6.07 Å². The van der Waals surface area contributed by atoms with Gasteiger partial charge in [0.25, 0.3) is 0 Å². The summed E-state index contributed by atoms with van der Waals surface area (Å²) < 4.78 is 6.58. The molecule has 1 rings (SSSR count). The van der Waals surface area contributed by atoms with Crippen molar-refractivity contribution in [3.63, 3.8) is 0 Å². The largest absolute Gasteiger partial charge is 0.493 e. The average molecular weight is 299 g/mol. The lowest BCUT2D eigenvalue weighted by Gasteiger charge is -2.16. The minimum absolute atomic E-state index is 0.498. The monoisotopic (exact) mass is 298 g/mol. The molecule has 1 aromatic carbocycles. The second-order valence-corrected chi connectivity index (χ2v) is 5.76. The molecule has 1 unspecified atom stereocenters. The van der Waals surface area contributed by atoms with Gasteiger partial charge in [0.05, 0.1) is 12.2 Å². The molecule has 0 bridgehead atoms. The molecule has 0 saturated heterocycles. The molecule has 2 nitrogen and oxygen atoms in total. The van der Waals surface area contributed by atoms with E-state index in [-0.39, 0.29) is 0 Å². The number of carbonyl (C=O) groups is 1. The first kappa shape index (κ1) is 14.2. The molecule has 0 heterocycles. The van der Waals surface area contributed by atoms with Crippen LogP contribution in [0.3, 0.4) is 0 Å². The van der Waals surface area contributed by atoms with Gasteiger partial charge in [-0.25, -0.2) is 0 Å². The molecule has 0 aliphatic carbocycles. The molecule has 0 N–H and O–H groups in total. The summed E-state index contributed by atoms with van der Waals surface area (Å²) in [6, 6.07) is 5.49. The highest BCUT2D eigenvalue weighted by Gasteiger charge is 2.08. The van der Waals surface area contributed by atoms with Crippen LogP contribution in [0.25, 0.3) is 0 Å². The second kappa shape index (κ2) is 6.80. The molecule has 0 fully saturated rings. The third-order valence-corrected chi connectivity index (χ3v) is 2.99. The Morgan fingerprint density at radius 3 is 2.65 bits per heavy atom. The van der Waals surface area contributed by atoms with Crippen molar-refractivity contribution in [2.75, 3.05) is 6.61 Å². The second-order valence-electron chi connectivity index (χ2n) is 4.85. The van der Waals surface area contributed by atoms with E-state index in [0.29, 0.717) is 29.8 Å². The molecule has 1 atom stereocenters. The maximum absolute atomic E-state index is 10.9. The fourth-order valence-electron chi connectivity index (χ4n) is 1.85. The van der Waals surface area contributed by atoms with Gasteiger partial charge in [-0.3, -0.25) is 4.79 Å². The van der Waals surface area contributed by atoms with Crippen LogP contribution in [0, 0.1) is 11.8 Å². The van der Waals surface area contributed by atoms with Crippen molar-refractivity contribution in [3.8, 4) is 5.75 Å². The first-order valence-electron chi connectivity index (χ1n) is 5.90. The third-order valence-electron chi connectivity index (χ3n) is 2.50. The van der Waals surface area contributed by atoms with E-state index >= 15 is 0 Å². The Morgan fingerprint density at radius 1 is 1.35 bits per heavy atom. The summed E-state index contributed by atoms with van der Waals surface area (Å²) in [6.07, 6.45) is 1.96. The summed E-state index contributed by atoms with van der Waals surface area (Å²) in [4.78, 5) is 10.9. The molecule has 0 saturated carbocycles. The number of rotatable bonds is 6. The van der Waals surface area contributed by atoms with Gasteiger partial charge in [0, 0.05) is 4.47 Å². The Labute approximate surface area is 111 Å². The zero-order valence-corrected chi connectivity index (χ0v) is 12.2. The van der Waals surface area contributed by atoms with Crippen molar-refractivity contribution in [2.45, 2.75) is 27.2 Å². The molecule has 17 heavy (non-hydrogen) atoms. The van der Waals surface area contributed by atoms with Crippen molar-refractivity contribution in [1.29, 1.82) is 0 Å². The predicted octanol–water partition coefficient (Wildman–Crippen LogP) is 4.32. The fraction of sp³-hybridized carbons (Fsp3) is 0.500. The minimum atomic E-state index is 0.498. The lowest BCUT2D eigenvalue weighted by Crippen LogP contribution is -2.11. The molecule has 0 spiro atoms. The Bertz CT molecular complexity index is 374. The van der Waals surface area contributed by atoms with E-state index in [9.17, 15) is 4.79 Å². The first-order valence-corrected chi connectivity index (χ1v) is 6.69. The number of aldehydes is 1. The topological polar surface area (TPSA) is 26.3 Å². The Morgan fingerprint density at radius 2 is 2.06 bits per heavy atom. The maximum atomic E-state index is 10.9. The molecule has 0 radical (unpaired) electrons. The van der Waals surface area contributed by atoms with Crippen LogP contribution in [0.1, 0.15) is 37.6 Å². The quantitative estimate of drug-likeness (QED) is 0.731. The lowest BCUT2D eigenvalue weighted by molar-refractivity contribution is 0.111. The number of ether oxygens (including phenoxy) is 1. The predicted molar refractivity (Wildman–Crippen MR) is 73.6 cm³/mol. The molecule has 3 heteroatoms. The van der Waals surface area contributed by atoms with Gasteiger partial charge < -0.3 is 4.74 Å². The van der Waals surface area contributed by atoms with Gasteiger partial charge in [0.15, 0.2) is 6.29 Å². The molecule has 0 aromatic heterocycles. The number of carbonyl (C=O) groups excluding carboxylic acids is 1. The van der Waals surface area contributed by atoms with Crippen LogP contribution in [0.2, 0.25) is 0 Å². The van der Waals surface area contributed by atoms with Gasteiger partial charge in [-0.05, 0) is 36.5 Å². The Balaban J connectivity index is 2.59. The van der Waals surface area contributed by atoms with Crippen LogP contribution in [0.5, 0.6) is 5.75 Å². The molecular formula is C14H19BrO2. The van der Waals surface area contributed by atoms with Gasteiger partial charge in [-0.2, -0.15) is 0 Å². The summed E-state index contributed by atoms with van der Waals surface area (Å²) in [6.45, 7) is 7.22. The highest BCUT2D eigenvalue weighted by atomic mass is 79.9. The van der Waals surface area contributed by atoms with Gasteiger partial charge >= 0.3 is 0 Å². The molecule has 0 amide bonds. The summed E-state index contributed by atoms with van der Waals surface area (Å²) in [5.74, 6) is 1.83.